The first-order chi connectivity index (χ1) is 19.0. The number of amides is 1. The number of unbranched alkanes of at least 4 members (excludes halogenated alkanes) is 1. The Labute approximate surface area is 229 Å². The van der Waals surface area contributed by atoms with Gasteiger partial charge in [0.25, 0.3) is 0 Å². The van der Waals surface area contributed by atoms with Crippen molar-refractivity contribution in [3.05, 3.63) is 53.1 Å². The lowest BCUT2D eigenvalue weighted by Crippen LogP contribution is -2.45. The standard InChI is InChI=1S/C30H39N3O6/c1-2-3-13-32(14-12-31)27(34)18-33-17-23(21-8-10-25-22(16-21)11-15-37-25)28(30(35)36)24(33)9-7-20-5-4-6-26-29(20)39-19-38-26/h4-6,8,10,16,23-24,28H,2-3,7,9,11-15,17-19,31H2,1H3,(H,35,36)/t23-,24+,28?/m1/s1. The largest absolute Gasteiger partial charge is 0.493 e. The van der Waals surface area contributed by atoms with Gasteiger partial charge in [0, 0.05) is 44.6 Å². The van der Waals surface area contributed by atoms with Gasteiger partial charge in [-0.1, -0.05) is 37.6 Å². The number of nitrogens with zero attached hydrogens (tertiary/aromatic N) is 2. The van der Waals surface area contributed by atoms with E-state index >= 15 is 0 Å². The molecule has 0 bridgehead atoms. The maximum absolute atomic E-state index is 13.5. The number of para-hydroxylation sites is 1. The highest BCUT2D eigenvalue weighted by molar-refractivity contribution is 5.79. The van der Waals surface area contributed by atoms with Gasteiger partial charge in [0.2, 0.25) is 12.7 Å². The molecule has 1 amide bonds. The lowest BCUT2D eigenvalue weighted by Gasteiger charge is -2.29. The second-order valence-electron chi connectivity index (χ2n) is 10.6. The van der Waals surface area contributed by atoms with Crippen LogP contribution in [0.3, 0.4) is 0 Å². The van der Waals surface area contributed by atoms with Gasteiger partial charge in [-0.25, -0.2) is 0 Å². The molecule has 39 heavy (non-hydrogen) atoms. The number of carbonyl (C=O) groups is 2. The van der Waals surface area contributed by atoms with Gasteiger partial charge in [-0.2, -0.15) is 0 Å². The summed E-state index contributed by atoms with van der Waals surface area (Å²) < 4.78 is 16.9. The van der Waals surface area contributed by atoms with Crippen LogP contribution in [0.15, 0.2) is 36.4 Å². The van der Waals surface area contributed by atoms with Crippen LogP contribution < -0.4 is 19.9 Å². The number of fused-ring (bicyclic) bond motifs is 2. The van der Waals surface area contributed by atoms with Gasteiger partial charge in [0.1, 0.15) is 5.75 Å². The minimum Gasteiger partial charge on any atom is -0.493 e. The molecule has 3 atom stereocenters. The molecule has 1 fully saturated rings. The van der Waals surface area contributed by atoms with Crippen molar-refractivity contribution in [3.8, 4) is 17.2 Å². The van der Waals surface area contributed by atoms with E-state index in [4.69, 9.17) is 19.9 Å². The summed E-state index contributed by atoms with van der Waals surface area (Å²) in [6.45, 7) is 5.18. The smallest absolute Gasteiger partial charge is 0.308 e. The molecule has 2 aromatic carbocycles. The molecule has 9 nitrogen and oxygen atoms in total. The molecular formula is C30H39N3O6. The van der Waals surface area contributed by atoms with E-state index in [9.17, 15) is 14.7 Å². The molecule has 3 heterocycles. The van der Waals surface area contributed by atoms with Crippen LogP contribution in [0.5, 0.6) is 17.2 Å². The third kappa shape index (κ3) is 5.84. The minimum atomic E-state index is -0.834. The third-order valence-corrected chi connectivity index (χ3v) is 8.23. The van der Waals surface area contributed by atoms with Crippen molar-refractivity contribution in [3.63, 3.8) is 0 Å². The Morgan fingerprint density at radius 2 is 2.00 bits per heavy atom. The van der Waals surface area contributed by atoms with Crippen LogP contribution in [0.2, 0.25) is 0 Å². The van der Waals surface area contributed by atoms with E-state index in [2.05, 4.69) is 17.9 Å². The number of likely N-dealkylation sites (tertiary alicyclic amines) is 1. The number of nitrogens with two attached hydrogens (primary N) is 1. The lowest BCUT2D eigenvalue weighted by molar-refractivity contribution is -0.143. The molecule has 0 aliphatic carbocycles. The number of hydrogen-bond acceptors (Lipinski definition) is 7. The quantitative estimate of drug-likeness (QED) is 0.425. The summed E-state index contributed by atoms with van der Waals surface area (Å²) in [5, 5.41) is 10.5. The van der Waals surface area contributed by atoms with E-state index in [1.807, 2.05) is 35.2 Å². The summed E-state index contributed by atoms with van der Waals surface area (Å²) >= 11 is 0. The Morgan fingerprint density at radius 1 is 1.13 bits per heavy atom. The topological polar surface area (TPSA) is 115 Å². The van der Waals surface area contributed by atoms with E-state index < -0.39 is 11.9 Å². The van der Waals surface area contributed by atoms with E-state index in [0.717, 1.165) is 47.5 Å². The first-order valence-corrected chi connectivity index (χ1v) is 14.1. The average Bonchev–Trinajstić information content (AvgIpc) is 3.68. The summed E-state index contributed by atoms with van der Waals surface area (Å²) in [4.78, 5) is 30.2. The fraction of sp³-hybridized carbons (Fsp3) is 0.533. The number of carboxylic acids is 1. The zero-order chi connectivity index (χ0) is 27.4. The number of hydrogen-bond donors (Lipinski definition) is 2. The normalized spacial score (nSPS) is 21.5. The van der Waals surface area contributed by atoms with Gasteiger partial charge in [-0.3, -0.25) is 14.5 Å². The predicted octanol–water partition coefficient (Wildman–Crippen LogP) is 3.04. The molecule has 3 aliphatic heterocycles. The fourth-order valence-corrected chi connectivity index (χ4v) is 6.26. The highest BCUT2D eigenvalue weighted by Gasteiger charge is 2.47. The van der Waals surface area contributed by atoms with Crippen molar-refractivity contribution in [2.24, 2.45) is 11.7 Å². The number of carboxylic acid groups (broad SMARTS) is 1. The van der Waals surface area contributed by atoms with Crippen molar-refractivity contribution >= 4 is 11.9 Å². The van der Waals surface area contributed by atoms with E-state index in [-0.39, 0.29) is 31.2 Å². The van der Waals surface area contributed by atoms with Crippen LogP contribution in [-0.4, -0.2) is 78.9 Å². The summed E-state index contributed by atoms with van der Waals surface area (Å²) in [7, 11) is 0. The van der Waals surface area contributed by atoms with Gasteiger partial charge in [-0.05, 0) is 48.1 Å². The number of aryl methyl sites for hydroxylation is 1. The fourth-order valence-electron chi connectivity index (χ4n) is 6.26. The molecule has 9 heteroatoms. The Bertz CT molecular complexity index is 1190. The first-order valence-electron chi connectivity index (χ1n) is 14.1. The number of aliphatic carboxylic acids is 1. The summed E-state index contributed by atoms with van der Waals surface area (Å²) in [5.41, 5.74) is 8.92. The van der Waals surface area contributed by atoms with E-state index in [0.29, 0.717) is 51.4 Å². The van der Waals surface area contributed by atoms with Crippen LogP contribution in [0.25, 0.3) is 0 Å². The number of carbonyl (C=O) groups excluding carboxylic acids is 1. The zero-order valence-corrected chi connectivity index (χ0v) is 22.6. The van der Waals surface area contributed by atoms with E-state index in [1.165, 1.54) is 0 Å². The molecule has 0 aromatic heterocycles. The van der Waals surface area contributed by atoms with Crippen molar-refractivity contribution in [1.29, 1.82) is 0 Å². The van der Waals surface area contributed by atoms with Crippen LogP contribution in [-0.2, 0) is 22.4 Å². The molecule has 1 unspecified atom stereocenters. The third-order valence-electron chi connectivity index (χ3n) is 8.23. The van der Waals surface area contributed by atoms with Crippen LogP contribution in [0.4, 0.5) is 0 Å². The highest BCUT2D eigenvalue weighted by Crippen LogP contribution is 2.42. The average molecular weight is 538 g/mol. The molecule has 5 rings (SSSR count). The van der Waals surface area contributed by atoms with Crippen molar-refractivity contribution in [1.82, 2.24) is 9.80 Å². The molecular weight excluding hydrogens is 498 g/mol. The molecule has 0 spiro atoms. The zero-order valence-electron chi connectivity index (χ0n) is 22.6. The molecule has 2 aromatic rings. The van der Waals surface area contributed by atoms with Crippen molar-refractivity contribution < 1.29 is 28.9 Å². The number of ether oxygens (including phenoxy) is 3. The van der Waals surface area contributed by atoms with E-state index in [1.54, 1.807) is 0 Å². The van der Waals surface area contributed by atoms with Gasteiger partial charge >= 0.3 is 5.97 Å². The Hall–Kier alpha value is -3.30. The van der Waals surface area contributed by atoms with Crippen molar-refractivity contribution in [2.45, 2.75) is 51.0 Å². The lowest BCUT2D eigenvalue weighted by atomic mass is 9.83. The monoisotopic (exact) mass is 537 g/mol. The Balaban J connectivity index is 1.42. The van der Waals surface area contributed by atoms with Crippen LogP contribution in [0, 0.1) is 5.92 Å². The second-order valence-corrected chi connectivity index (χ2v) is 10.6. The first kappa shape index (κ1) is 27.3. The molecule has 3 N–H and O–H groups in total. The summed E-state index contributed by atoms with van der Waals surface area (Å²) in [6.07, 6.45) is 3.93. The Morgan fingerprint density at radius 3 is 2.79 bits per heavy atom. The number of rotatable bonds is 12. The molecule has 210 valence electrons. The predicted molar refractivity (Wildman–Crippen MR) is 146 cm³/mol. The van der Waals surface area contributed by atoms with Crippen LogP contribution >= 0.6 is 0 Å². The molecule has 3 aliphatic rings. The number of benzene rings is 2. The molecule has 1 saturated heterocycles. The van der Waals surface area contributed by atoms with Gasteiger partial charge in [0.05, 0.1) is 19.1 Å². The SMILES string of the molecule is CCCCN(CCN)C(=O)CN1C[C@H](c2ccc3c(c2)CCO3)C(C(=O)O)[C@@H]1CCc1cccc2c1OCO2. The van der Waals surface area contributed by atoms with Crippen LogP contribution in [0.1, 0.15) is 48.8 Å². The van der Waals surface area contributed by atoms with Gasteiger partial charge < -0.3 is 30.0 Å². The Kier molecular flexibility index (Phi) is 8.57. The molecule has 0 saturated carbocycles. The minimum absolute atomic E-state index is 0.00313. The summed E-state index contributed by atoms with van der Waals surface area (Å²) in [6, 6.07) is 11.5. The van der Waals surface area contributed by atoms with Crippen molar-refractivity contribution in [2.75, 3.05) is 46.1 Å². The molecule has 0 radical (unpaired) electrons. The van der Waals surface area contributed by atoms with Gasteiger partial charge in [-0.15, -0.1) is 0 Å². The maximum atomic E-state index is 13.5. The maximum Gasteiger partial charge on any atom is 0.308 e. The van der Waals surface area contributed by atoms with Gasteiger partial charge in [0.15, 0.2) is 11.5 Å². The highest BCUT2D eigenvalue weighted by atomic mass is 16.7. The second kappa shape index (κ2) is 12.3. The summed E-state index contributed by atoms with van der Waals surface area (Å²) in [5.74, 6) is 0.612.